The molecule has 134 valence electrons. The molecule has 25 heavy (non-hydrogen) atoms. The molecule has 0 aromatic heterocycles. The second kappa shape index (κ2) is 9.08. The SMILES string of the molecule is CCOc1ccc(C(=O)N[C@H](CN(C)C)c2ccccc2)cc1OC. The van der Waals surface area contributed by atoms with Crippen molar-refractivity contribution in [2.75, 3.05) is 34.4 Å². The van der Waals surface area contributed by atoms with Crippen LogP contribution in [0.25, 0.3) is 0 Å². The molecule has 0 spiro atoms. The molecule has 2 aromatic rings. The first-order valence-corrected chi connectivity index (χ1v) is 8.36. The second-order valence-electron chi connectivity index (χ2n) is 6.00. The lowest BCUT2D eigenvalue weighted by Crippen LogP contribution is -2.35. The summed E-state index contributed by atoms with van der Waals surface area (Å²) in [7, 11) is 5.54. The summed E-state index contributed by atoms with van der Waals surface area (Å²) in [5.41, 5.74) is 1.61. The van der Waals surface area contributed by atoms with Crippen LogP contribution in [0.1, 0.15) is 28.9 Å². The van der Waals surface area contributed by atoms with Gasteiger partial charge in [0.05, 0.1) is 19.8 Å². The zero-order valence-electron chi connectivity index (χ0n) is 15.3. The summed E-state index contributed by atoms with van der Waals surface area (Å²) in [5, 5.41) is 3.11. The van der Waals surface area contributed by atoms with Crippen molar-refractivity contribution in [1.29, 1.82) is 0 Å². The summed E-state index contributed by atoms with van der Waals surface area (Å²) in [6.45, 7) is 3.16. The first-order valence-electron chi connectivity index (χ1n) is 8.36. The third kappa shape index (κ3) is 5.22. The number of hydrogen-bond acceptors (Lipinski definition) is 4. The summed E-state index contributed by atoms with van der Waals surface area (Å²) in [5.74, 6) is 1.05. The predicted molar refractivity (Wildman–Crippen MR) is 99.4 cm³/mol. The molecule has 0 bridgehead atoms. The van der Waals surface area contributed by atoms with Gasteiger partial charge in [-0.3, -0.25) is 4.79 Å². The van der Waals surface area contributed by atoms with Crippen LogP contribution in [-0.2, 0) is 0 Å². The Morgan fingerprint density at radius 1 is 1.12 bits per heavy atom. The average Bonchev–Trinajstić information content (AvgIpc) is 2.62. The van der Waals surface area contributed by atoms with Gasteiger partial charge in [-0.15, -0.1) is 0 Å². The number of amides is 1. The number of hydrogen-bond donors (Lipinski definition) is 1. The summed E-state index contributed by atoms with van der Waals surface area (Å²) in [4.78, 5) is 14.8. The highest BCUT2D eigenvalue weighted by Gasteiger charge is 2.18. The number of methoxy groups -OCH3 is 1. The molecule has 1 amide bonds. The third-order valence-electron chi connectivity index (χ3n) is 3.78. The summed E-state index contributed by atoms with van der Waals surface area (Å²) >= 11 is 0. The van der Waals surface area contributed by atoms with Gasteiger partial charge in [-0.1, -0.05) is 30.3 Å². The van der Waals surface area contributed by atoms with Gasteiger partial charge < -0.3 is 19.7 Å². The van der Waals surface area contributed by atoms with E-state index in [2.05, 4.69) is 10.2 Å². The van der Waals surface area contributed by atoms with Crippen LogP contribution in [0.3, 0.4) is 0 Å². The minimum absolute atomic E-state index is 0.0961. The van der Waals surface area contributed by atoms with Crippen LogP contribution >= 0.6 is 0 Å². The number of ether oxygens (including phenoxy) is 2. The summed E-state index contributed by atoms with van der Waals surface area (Å²) in [6, 6.07) is 15.1. The van der Waals surface area contributed by atoms with Crippen molar-refractivity contribution in [2.24, 2.45) is 0 Å². The fourth-order valence-corrected chi connectivity index (χ4v) is 2.61. The minimum Gasteiger partial charge on any atom is -0.493 e. The van der Waals surface area contributed by atoms with E-state index in [9.17, 15) is 4.79 Å². The molecule has 5 heteroatoms. The van der Waals surface area contributed by atoms with Crippen molar-refractivity contribution in [1.82, 2.24) is 10.2 Å². The van der Waals surface area contributed by atoms with Crippen LogP contribution in [-0.4, -0.2) is 45.2 Å². The van der Waals surface area contributed by atoms with Crippen LogP contribution in [0.2, 0.25) is 0 Å². The number of likely N-dealkylation sites (N-methyl/N-ethyl adjacent to an activating group) is 1. The molecule has 0 fully saturated rings. The van der Waals surface area contributed by atoms with Crippen LogP contribution in [0.5, 0.6) is 11.5 Å². The first kappa shape index (κ1) is 18.8. The van der Waals surface area contributed by atoms with E-state index in [0.717, 1.165) is 5.56 Å². The van der Waals surface area contributed by atoms with Gasteiger partial charge in [0.15, 0.2) is 11.5 Å². The van der Waals surface area contributed by atoms with E-state index < -0.39 is 0 Å². The number of rotatable bonds is 8. The van der Waals surface area contributed by atoms with Gasteiger partial charge >= 0.3 is 0 Å². The van der Waals surface area contributed by atoms with E-state index in [4.69, 9.17) is 9.47 Å². The number of benzene rings is 2. The molecule has 0 saturated carbocycles. The Bertz CT molecular complexity index is 687. The molecular formula is C20H26N2O3. The minimum atomic E-state index is -0.142. The van der Waals surface area contributed by atoms with Crippen LogP contribution in [0.4, 0.5) is 0 Å². The highest BCUT2D eigenvalue weighted by Crippen LogP contribution is 2.28. The van der Waals surface area contributed by atoms with E-state index in [1.165, 1.54) is 0 Å². The number of carbonyl (C=O) groups is 1. The van der Waals surface area contributed by atoms with Crippen LogP contribution in [0, 0.1) is 0 Å². The lowest BCUT2D eigenvalue weighted by Gasteiger charge is -2.23. The van der Waals surface area contributed by atoms with Crippen LogP contribution in [0.15, 0.2) is 48.5 Å². The van der Waals surface area contributed by atoms with Gasteiger partial charge in [0.1, 0.15) is 0 Å². The van der Waals surface area contributed by atoms with Crippen molar-refractivity contribution in [3.63, 3.8) is 0 Å². The van der Waals surface area contributed by atoms with Gasteiger partial charge in [-0.05, 0) is 44.8 Å². The molecule has 5 nitrogen and oxygen atoms in total. The van der Waals surface area contributed by atoms with Gasteiger partial charge in [0.25, 0.3) is 5.91 Å². The molecule has 0 radical (unpaired) electrons. The number of nitrogens with zero attached hydrogens (tertiary/aromatic N) is 1. The molecule has 1 N–H and O–H groups in total. The fraction of sp³-hybridized carbons (Fsp3) is 0.350. The summed E-state index contributed by atoms with van der Waals surface area (Å²) < 4.78 is 10.8. The molecule has 0 aliphatic rings. The lowest BCUT2D eigenvalue weighted by molar-refractivity contribution is 0.0929. The topological polar surface area (TPSA) is 50.8 Å². The lowest BCUT2D eigenvalue weighted by atomic mass is 10.1. The normalized spacial score (nSPS) is 11.9. The quantitative estimate of drug-likeness (QED) is 0.801. The Labute approximate surface area is 149 Å². The van der Waals surface area contributed by atoms with Crippen molar-refractivity contribution in [2.45, 2.75) is 13.0 Å². The Kier molecular flexibility index (Phi) is 6.83. The van der Waals surface area contributed by atoms with Crippen molar-refractivity contribution < 1.29 is 14.3 Å². The highest BCUT2D eigenvalue weighted by molar-refractivity contribution is 5.95. The standard InChI is InChI=1S/C20H26N2O3/c1-5-25-18-12-11-16(13-19(18)24-4)20(23)21-17(14-22(2)3)15-9-7-6-8-10-15/h6-13,17H,5,14H2,1-4H3,(H,21,23)/t17-/m1/s1. The van der Waals surface area contributed by atoms with Gasteiger partial charge in [0.2, 0.25) is 0 Å². The molecule has 0 unspecified atom stereocenters. The largest absolute Gasteiger partial charge is 0.493 e. The number of carbonyl (C=O) groups excluding carboxylic acids is 1. The maximum atomic E-state index is 12.7. The van der Waals surface area contributed by atoms with E-state index in [1.54, 1.807) is 25.3 Å². The van der Waals surface area contributed by atoms with E-state index in [0.29, 0.717) is 30.2 Å². The average molecular weight is 342 g/mol. The maximum absolute atomic E-state index is 12.7. The zero-order chi connectivity index (χ0) is 18.2. The number of nitrogens with one attached hydrogen (secondary N) is 1. The van der Waals surface area contributed by atoms with Gasteiger partial charge in [0, 0.05) is 12.1 Å². The maximum Gasteiger partial charge on any atom is 0.251 e. The predicted octanol–water partition coefficient (Wildman–Crippen LogP) is 3.13. The van der Waals surface area contributed by atoms with E-state index in [-0.39, 0.29) is 11.9 Å². The second-order valence-corrected chi connectivity index (χ2v) is 6.00. The smallest absolute Gasteiger partial charge is 0.251 e. The first-order chi connectivity index (χ1) is 12.0. The molecule has 0 heterocycles. The highest BCUT2D eigenvalue weighted by atomic mass is 16.5. The molecule has 0 aliphatic heterocycles. The molecule has 2 aromatic carbocycles. The van der Waals surface area contributed by atoms with Gasteiger partial charge in [-0.25, -0.2) is 0 Å². The molecule has 0 saturated heterocycles. The Balaban J connectivity index is 2.20. The third-order valence-corrected chi connectivity index (χ3v) is 3.78. The Hall–Kier alpha value is -2.53. The molecule has 2 rings (SSSR count). The Morgan fingerprint density at radius 2 is 1.84 bits per heavy atom. The molecule has 1 atom stereocenters. The van der Waals surface area contributed by atoms with Crippen molar-refractivity contribution >= 4 is 5.91 Å². The van der Waals surface area contributed by atoms with E-state index in [1.807, 2.05) is 51.4 Å². The fourth-order valence-electron chi connectivity index (χ4n) is 2.61. The van der Waals surface area contributed by atoms with Crippen molar-refractivity contribution in [3.8, 4) is 11.5 Å². The molecule has 0 aliphatic carbocycles. The monoisotopic (exact) mass is 342 g/mol. The summed E-state index contributed by atoms with van der Waals surface area (Å²) in [6.07, 6.45) is 0. The Morgan fingerprint density at radius 3 is 2.44 bits per heavy atom. The van der Waals surface area contributed by atoms with E-state index >= 15 is 0 Å². The zero-order valence-corrected chi connectivity index (χ0v) is 15.3. The molecular weight excluding hydrogens is 316 g/mol. The van der Waals surface area contributed by atoms with Gasteiger partial charge in [-0.2, -0.15) is 0 Å². The van der Waals surface area contributed by atoms with Crippen LogP contribution < -0.4 is 14.8 Å². The van der Waals surface area contributed by atoms with Crippen molar-refractivity contribution in [3.05, 3.63) is 59.7 Å².